The van der Waals surface area contributed by atoms with Gasteiger partial charge in [-0.05, 0) is 42.2 Å². The third kappa shape index (κ3) is 2.38. The van der Waals surface area contributed by atoms with E-state index in [2.05, 4.69) is 40.2 Å². The summed E-state index contributed by atoms with van der Waals surface area (Å²) in [5, 5.41) is 0. The fourth-order valence-electron chi connectivity index (χ4n) is 2.90. The molecule has 0 aromatic heterocycles. The van der Waals surface area contributed by atoms with Crippen molar-refractivity contribution in [2.45, 2.75) is 18.9 Å². The maximum absolute atomic E-state index is 12.6. The summed E-state index contributed by atoms with van der Waals surface area (Å²) in [7, 11) is 1.90. The van der Waals surface area contributed by atoms with Gasteiger partial charge in [0.05, 0.1) is 6.04 Å². The van der Waals surface area contributed by atoms with Gasteiger partial charge in [0, 0.05) is 17.1 Å². The number of benzene rings is 2. The average molecular weight is 330 g/mol. The molecule has 0 fully saturated rings. The van der Waals surface area contributed by atoms with Gasteiger partial charge >= 0.3 is 0 Å². The Bertz CT molecular complexity index is 653. The molecule has 0 saturated heterocycles. The van der Waals surface area contributed by atoms with Crippen LogP contribution in [0.2, 0.25) is 0 Å². The van der Waals surface area contributed by atoms with Gasteiger partial charge in [0.2, 0.25) is 0 Å². The Morgan fingerprint density at radius 3 is 2.80 bits per heavy atom. The summed E-state index contributed by atoms with van der Waals surface area (Å²) in [6.07, 6.45) is 2.06. The zero-order valence-corrected chi connectivity index (χ0v) is 12.9. The molecule has 2 aromatic carbocycles. The van der Waals surface area contributed by atoms with E-state index < -0.39 is 0 Å². The normalized spacial score (nSPS) is 16.8. The van der Waals surface area contributed by atoms with Crippen LogP contribution in [-0.2, 0) is 6.42 Å². The third-order valence-electron chi connectivity index (χ3n) is 3.96. The summed E-state index contributed by atoms with van der Waals surface area (Å²) >= 11 is 3.42. The molecule has 1 amide bonds. The van der Waals surface area contributed by atoms with Crippen LogP contribution in [0.1, 0.15) is 33.9 Å². The van der Waals surface area contributed by atoms with Gasteiger partial charge in [0.1, 0.15) is 0 Å². The van der Waals surface area contributed by atoms with Gasteiger partial charge in [0.15, 0.2) is 0 Å². The molecule has 0 N–H and O–H groups in total. The van der Waals surface area contributed by atoms with E-state index in [1.807, 2.05) is 36.2 Å². The number of nitrogens with zero attached hydrogens (tertiary/aromatic N) is 1. The average Bonchev–Trinajstić information content (AvgIpc) is 2.89. The first kappa shape index (κ1) is 13.4. The van der Waals surface area contributed by atoms with Crippen molar-refractivity contribution < 1.29 is 4.79 Å². The molecule has 0 saturated carbocycles. The first-order chi connectivity index (χ1) is 9.66. The van der Waals surface area contributed by atoms with Crippen molar-refractivity contribution in [2.24, 2.45) is 0 Å². The van der Waals surface area contributed by atoms with Crippen molar-refractivity contribution in [3.05, 3.63) is 69.7 Å². The molecular formula is C17H16BrNO. The van der Waals surface area contributed by atoms with Crippen LogP contribution in [-0.4, -0.2) is 17.9 Å². The first-order valence-electron chi connectivity index (χ1n) is 6.77. The van der Waals surface area contributed by atoms with E-state index in [9.17, 15) is 4.79 Å². The lowest BCUT2D eigenvalue weighted by atomic mass is 10.1. The van der Waals surface area contributed by atoms with Gasteiger partial charge in [-0.3, -0.25) is 4.79 Å². The minimum atomic E-state index is 0.0769. The highest BCUT2D eigenvalue weighted by molar-refractivity contribution is 9.10. The number of rotatable bonds is 2. The van der Waals surface area contributed by atoms with Crippen molar-refractivity contribution >= 4 is 21.8 Å². The predicted molar refractivity (Wildman–Crippen MR) is 83.7 cm³/mol. The number of carbonyl (C=O) groups excluding carboxylic acids is 1. The molecule has 3 heteroatoms. The molecule has 0 spiro atoms. The van der Waals surface area contributed by atoms with Crippen LogP contribution in [0.5, 0.6) is 0 Å². The molecule has 2 nitrogen and oxygen atoms in total. The molecule has 20 heavy (non-hydrogen) atoms. The molecule has 2 aromatic rings. The number of carbonyl (C=O) groups is 1. The van der Waals surface area contributed by atoms with Gasteiger partial charge in [0.25, 0.3) is 5.91 Å². The minimum absolute atomic E-state index is 0.0769. The summed E-state index contributed by atoms with van der Waals surface area (Å²) in [6, 6.07) is 16.2. The first-order valence-corrected chi connectivity index (χ1v) is 7.56. The molecule has 1 atom stereocenters. The van der Waals surface area contributed by atoms with E-state index in [0.29, 0.717) is 0 Å². The minimum Gasteiger partial charge on any atom is -0.335 e. The zero-order chi connectivity index (χ0) is 14.1. The van der Waals surface area contributed by atoms with Crippen LogP contribution in [0.4, 0.5) is 0 Å². The number of aryl methyl sites for hydroxylation is 1. The van der Waals surface area contributed by atoms with E-state index in [0.717, 1.165) is 22.9 Å². The van der Waals surface area contributed by atoms with Crippen LogP contribution >= 0.6 is 15.9 Å². The molecule has 102 valence electrons. The van der Waals surface area contributed by atoms with E-state index in [1.165, 1.54) is 11.1 Å². The molecule has 0 heterocycles. The van der Waals surface area contributed by atoms with Crippen LogP contribution in [0.15, 0.2) is 53.0 Å². The maximum Gasteiger partial charge on any atom is 0.254 e. The summed E-state index contributed by atoms with van der Waals surface area (Å²) < 4.78 is 0.934. The highest BCUT2D eigenvalue weighted by Gasteiger charge is 2.28. The Balaban J connectivity index is 1.87. The maximum atomic E-state index is 12.6. The van der Waals surface area contributed by atoms with Crippen LogP contribution < -0.4 is 0 Å². The molecule has 0 unspecified atom stereocenters. The molecule has 0 aliphatic heterocycles. The van der Waals surface area contributed by atoms with Crippen LogP contribution in [0.25, 0.3) is 0 Å². The molecule has 0 radical (unpaired) electrons. The van der Waals surface area contributed by atoms with Gasteiger partial charge < -0.3 is 4.90 Å². The highest BCUT2D eigenvalue weighted by atomic mass is 79.9. The number of hydrogen-bond acceptors (Lipinski definition) is 1. The van der Waals surface area contributed by atoms with E-state index >= 15 is 0 Å². The highest BCUT2D eigenvalue weighted by Crippen LogP contribution is 2.35. The Morgan fingerprint density at radius 1 is 1.20 bits per heavy atom. The third-order valence-corrected chi connectivity index (χ3v) is 4.45. The quantitative estimate of drug-likeness (QED) is 0.808. The Hall–Kier alpha value is -1.61. The Morgan fingerprint density at radius 2 is 2.00 bits per heavy atom. The number of hydrogen-bond donors (Lipinski definition) is 0. The molecule has 3 rings (SSSR count). The van der Waals surface area contributed by atoms with Crippen LogP contribution in [0, 0.1) is 0 Å². The van der Waals surface area contributed by atoms with E-state index in [4.69, 9.17) is 0 Å². The lowest BCUT2D eigenvalue weighted by Crippen LogP contribution is -2.30. The molecule has 0 bridgehead atoms. The Kier molecular flexibility index (Phi) is 3.62. The zero-order valence-electron chi connectivity index (χ0n) is 11.3. The summed E-state index contributed by atoms with van der Waals surface area (Å²) in [4.78, 5) is 14.5. The lowest BCUT2D eigenvalue weighted by molar-refractivity contribution is 0.0730. The number of fused-ring (bicyclic) bond motifs is 1. The summed E-state index contributed by atoms with van der Waals surface area (Å²) in [6.45, 7) is 0. The van der Waals surface area contributed by atoms with Crippen molar-refractivity contribution in [1.29, 1.82) is 0 Å². The number of halogens is 1. The SMILES string of the molecule is CN(C(=O)c1cccc(Br)c1)[C@H]1CCc2ccccc21. The van der Waals surface area contributed by atoms with Crippen LogP contribution in [0.3, 0.4) is 0 Å². The van der Waals surface area contributed by atoms with Gasteiger partial charge in [-0.25, -0.2) is 0 Å². The van der Waals surface area contributed by atoms with Gasteiger partial charge in [-0.1, -0.05) is 46.3 Å². The molecular weight excluding hydrogens is 314 g/mol. The largest absolute Gasteiger partial charge is 0.335 e. The molecule has 1 aliphatic carbocycles. The van der Waals surface area contributed by atoms with Gasteiger partial charge in [-0.15, -0.1) is 0 Å². The van der Waals surface area contributed by atoms with Crippen molar-refractivity contribution in [1.82, 2.24) is 4.90 Å². The van der Waals surface area contributed by atoms with Crippen molar-refractivity contribution in [3.8, 4) is 0 Å². The smallest absolute Gasteiger partial charge is 0.254 e. The second kappa shape index (κ2) is 5.41. The predicted octanol–water partition coefficient (Wildman–Crippen LogP) is 4.21. The molecule has 1 aliphatic rings. The fourth-order valence-corrected chi connectivity index (χ4v) is 3.30. The Labute approximate surface area is 127 Å². The fraction of sp³-hybridized carbons (Fsp3) is 0.235. The van der Waals surface area contributed by atoms with E-state index in [1.54, 1.807) is 0 Å². The topological polar surface area (TPSA) is 20.3 Å². The van der Waals surface area contributed by atoms with Crippen molar-refractivity contribution in [3.63, 3.8) is 0 Å². The second-order valence-corrected chi connectivity index (χ2v) is 6.10. The lowest BCUT2D eigenvalue weighted by Gasteiger charge is -2.25. The van der Waals surface area contributed by atoms with E-state index in [-0.39, 0.29) is 11.9 Å². The summed E-state index contributed by atoms with van der Waals surface area (Å²) in [5.74, 6) is 0.0769. The standard InChI is InChI=1S/C17H16BrNO/c1-19(17(20)13-6-4-7-14(18)11-13)16-10-9-12-5-2-3-8-15(12)16/h2-8,11,16H,9-10H2,1H3/t16-/m0/s1. The second-order valence-electron chi connectivity index (χ2n) is 5.18. The van der Waals surface area contributed by atoms with Crippen molar-refractivity contribution in [2.75, 3.05) is 7.05 Å². The summed E-state index contributed by atoms with van der Waals surface area (Å²) in [5.41, 5.74) is 3.39. The number of amides is 1. The monoisotopic (exact) mass is 329 g/mol. The van der Waals surface area contributed by atoms with Gasteiger partial charge in [-0.2, -0.15) is 0 Å².